The maximum atomic E-state index is 12.3. The van der Waals surface area contributed by atoms with Crippen LogP contribution in [0.4, 0.5) is 0 Å². The zero-order valence-corrected chi connectivity index (χ0v) is 15.8. The van der Waals surface area contributed by atoms with Gasteiger partial charge < -0.3 is 16.4 Å². The Balaban J connectivity index is 2.20. The molecule has 0 unspecified atom stereocenters. The fourth-order valence-electron chi connectivity index (χ4n) is 2.43. The summed E-state index contributed by atoms with van der Waals surface area (Å²) in [6, 6.07) is 5.61. The Hall–Kier alpha value is -1.99. The molecule has 1 atom stereocenters. The van der Waals surface area contributed by atoms with E-state index in [0.717, 1.165) is 15.2 Å². The van der Waals surface area contributed by atoms with Crippen molar-refractivity contribution in [2.24, 2.45) is 5.73 Å². The number of nitrogens with one attached hydrogen (secondary N) is 2. The number of aromatic nitrogens is 1. The highest BCUT2D eigenvalue weighted by Crippen LogP contribution is 2.27. The quantitative estimate of drug-likeness (QED) is 0.668. The molecule has 25 heavy (non-hydrogen) atoms. The lowest BCUT2D eigenvalue weighted by Gasteiger charge is -2.16. The van der Waals surface area contributed by atoms with Crippen LogP contribution in [0.2, 0.25) is 0 Å². The lowest BCUT2D eigenvalue weighted by Crippen LogP contribution is -2.48. The van der Waals surface area contributed by atoms with Crippen LogP contribution in [-0.4, -0.2) is 35.9 Å². The van der Waals surface area contributed by atoms with Gasteiger partial charge in [-0.25, -0.2) is 4.98 Å². The van der Waals surface area contributed by atoms with Crippen LogP contribution in [0, 0.1) is 0 Å². The number of carbonyl (C=O) groups is 2. The van der Waals surface area contributed by atoms with E-state index < -0.39 is 6.04 Å². The SMILES string of the molecule is CCC(=O)N[C@@H](Cc1nc2ccc(C(C)C)cc2s1)C(=O)NCCN. The molecule has 0 spiro atoms. The molecule has 1 heterocycles. The number of hydrogen-bond donors (Lipinski definition) is 3. The van der Waals surface area contributed by atoms with E-state index in [-0.39, 0.29) is 11.8 Å². The van der Waals surface area contributed by atoms with Gasteiger partial charge in [-0.05, 0) is 23.6 Å². The third-order valence-electron chi connectivity index (χ3n) is 3.92. The van der Waals surface area contributed by atoms with E-state index in [0.29, 0.717) is 31.8 Å². The van der Waals surface area contributed by atoms with Crippen molar-refractivity contribution in [3.8, 4) is 0 Å². The second kappa shape index (κ2) is 8.92. The first kappa shape index (κ1) is 19.3. The van der Waals surface area contributed by atoms with Gasteiger partial charge in [0.25, 0.3) is 0 Å². The molecule has 0 aliphatic heterocycles. The van der Waals surface area contributed by atoms with Crippen LogP contribution in [-0.2, 0) is 16.0 Å². The summed E-state index contributed by atoms with van der Waals surface area (Å²) in [4.78, 5) is 28.7. The van der Waals surface area contributed by atoms with Crippen molar-refractivity contribution in [1.82, 2.24) is 15.6 Å². The molecule has 0 radical (unpaired) electrons. The Labute approximate surface area is 152 Å². The number of hydrogen-bond acceptors (Lipinski definition) is 5. The summed E-state index contributed by atoms with van der Waals surface area (Å²) < 4.78 is 1.10. The fourth-order valence-corrected chi connectivity index (χ4v) is 3.50. The summed E-state index contributed by atoms with van der Waals surface area (Å²) in [5.74, 6) is 0.0686. The topological polar surface area (TPSA) is 97.1 Å². The van der Waals surface area contributed by atoms with Gasteiger partial charge in [0.2, 0.25) is 11.8 Å². The molecule has 2 amide bonds. The van der Waals surface area contributed by atoms with E-state index >= 15 is 0 Å². The molecule has 7 heteroatoms. The van der Waals surface area contributed by atoms with E-state index in [4.69, 9.17) is 5.73 Å². The van der Waals surface area contributed by atoms with E-state index in [1.165, 1.54) is 5.56 Å². The predicted molar refractivity (Wildman–Crippen MR) is 102 cm³/mol. The molecular formula is C18H26N4O2S. The van der Waals surface area contributed by atoms with Crippen molar-refractivity contribution < 1.29 is 9.59 Å². The summed E-state index contributed by atoms with van der Waals surface area (Å²) in [7, 11) is 0. The van der Waals surface area contributed by atoms with Crippen LogP contribution >= 0.6 is 11.3 Å². The normalized spacial score (nSPS) is 12.4. The van der Waals surface area contributed by atoms with Gasteiger partial charge in [0, 0.05) is 25.9 Å². The molecule has 0 aliphatic rings. The Morgan fingerprint density at radius 1 is 1.32 bits per heavy atom. The maximum Gasteiger partial charge on any atom is 0.243 e. The zero-order valence-electron chi connectivity index (χ0n) is 15.0. The van der Waals surface area contributed by atoms with Crippen LogP contribution in [0.1, 0.15) is 43.7 Å². The second-order valence-electron chi connectivity index (χ2n) is 6.25. The van der Waals surface area contributed by atoms with Crippen LogP contribution in [0.3, 0.4) is 0 Å². The van der Waals surface area contributed by atoms with Crippen LogP contribution < -0.4 is 16.4 Å². The van der Waals surface area contributed by atoms with E-state index in [1.54, 1.807) is 18.3 Å². The third kappa shape index (κ3) is 5.24. The summed E-state index contributed by atoms with van der Waals surface area (Å²) in [5.41, 5.74) is 7.62. The third-order valence-corrected chi connectivity index (χ3v) is 4.96. The van der Waals surface area contributed by atoms with E-state index in [2.05, 4.69) is 41.6 Å². The largest absolute Gasteiger partial charge is 0.353 e. The molecule has 0 bridgehead atoms. The first-order valence-electron chi connectivity index (χ1n) is 8.61. The fraction of sp³-hybridized carbons (Fsp3) is 0.500. The molecule has 6 nitrogen and oxygen atoms in total. The van der Waals surface area contributed by atoms with Gasteiger partial charge >= 0.3 is 0 Å². The highest BCUT2D eigenvalue weighted by molar-refractivity contribution is 7.18. The van der Waals surface area contributed by atoms with Gasteiger partial charge in [-0.1, -0.05) is 26.8 Å². The number of benzene rings is 1. The van der Waals surface area contributed by atoms with Crippen LogP contribution in [0.25, 0.3) is 10.2 Å². The number of amides is 2. The minimum Gasteiger partial charge on any atom is -0.353 e. The van der Waals surface area contributed by atoms with Gasteiger partial charge in [-0.15, -0.1) is 11.3 Å². The molecule has 1 aromatic carbocycles. The average Bonchev–Trinajstić information content (AvgIpc) is 3.00. The zero-order chi connectivity index (χ0) is 18.4. The Bertz CT molecular complexity index is 742. The first-order chi connectivity index (χ1) is 11.9. The average molecular weight is 362 g/mol. The molecule has 0 saturated heterocycles. The van der Waals surface area contributed by atoms with Crippen molar-refractivity contribution in [2.45, 2.75) is 45.6 Å². The summed E-state index contributed by atoms with van der Waals surface area (Å²) in [6.07, 6.45) is 0.705. The molecule has 2 aromatic rings. The Morgan fingerprint density at radius 3 is 2.72 bits per heavy atom. The maximum absolute atomic E-state index is 12.3. The second-order valence-corrected chi connectivity index (χ2v) is 7.36. The smallest absolute Gasteiger partial charge is 0.243 e. The highest BCUT2D eigenvalue weighted by Gasteiger charge is 2.22. The Morgan fingerprint density at radius 2 is 2.08 bits per heavy atom. The Kier molecular flexibility index (Phi) is 6.90. The molecule has 1 aromatic heterocycles. The number of nitrogens with zero attached hydrogens (tertiary/aromatic N) is 1. The molecule has 2 rings (SSSR count). The summed E-state index contributed by atoms with van der Waals surface area (Å²) >= 11 is 1.57. The number of carbonyl (C=O) groups excluding carboxylic acids is 2. The molecule has 4 N–H and O–H groups in total. The van der Waals surface area contributed by atoms with Crippen molar-refractivity contribution >= 4 is 33.4 Å². The minimum atomic E-state index is -0.635. The lowest BCUT2D eigenvalue weighted by atomic mass is 10.0. The summed E-state index contributed by atoms with van der Waals surface area (Å²) in [6.45, 7) is 6.81. The monoisotopic (exact) mass is 362 g/mol. The van der Waals surface area contributed by atoms with Gasteiger partial charge in [0.05, 0.1) is 15.2 Å². The minimum absolute atomic E-state index is 0.156. The number of nitrogens with two attached hydrogens (primary N) is 1. The van der Waals surface area contributed by atoms with Gasteiger partial charge in [0.1, 0.15) is 6.04 Å². The summed E-state index contributed by atoms with van der Waals surface area (Å²) in [5, 5.41) is 6.34. The van der Waals surface area contributed by atoms with Crippen molar-refractivity contribution in [3.63, 3.8) is 0 Å². The standard InChI is InChI=1S/C18H26N4O2S/c1-4-16(23)21-14(18(24)20-8-7-19)10-17-22-13-6-5-12(11(2)3)9-15(13)25-17/h5-6,9,11,14H,4,7-8,10,19H2,1-3H3,(H,20,24)(H,21,23)/t14-/m0/s1. The highest BCUT2D eigenvalue weighted by atomic mass is 32.1. The van der Waals surface area contributed by atoms with Crippen LogP contribution in [0.5, 0.6) is 0 Å². The lowest BCUT2D eigenvalue weighted by molar-refractivity contribution is -0.128. The predicted octanol–water partition coefficient (Wildman–Crippen LogP) is 1.93. The van der Waals surface area contributed by atoms with Gasteiger partial charge in [0.15, 0.2) is 0 Å². The number of thiazole rings is 1. The van der Waals surface area contributed by atoms with Gasteiger partial charge in [-0.3, -0.25) is 9.59 Å². The molecule has 136 valence electrons. The molecule has 0 saturated carbocycles. The molecule has 0 fully saturated rings. The molecule has 0 aliphatic carbocycles. The van der Waals surface area contributed by atoms with E-state index in [9.17, 15) is 9.59 Å². The molecular weight excluding hydrogens is 336 g/mol. The first-order valence-corrected chi connectivity index (χ1v) is 9.42. The van der Waals surface area contributed by atoms with Crippen molar-refractivity contribution in [1.29, 1.82) is 0 Å². The van der Waals surface area contributed by atoms with E-state index in [1.807, 2.05) is 6.07 Å². The van der Waals surface area contributed by atoms with Crippen molar-refractivity contribution in [2.75, 3.05) is 13.1 Å². The van der Waals surface area contributed by atoms with Crippen LogP contribution in [0.15, 0.2) is 18.2 Å². The number of rotatable bonds is 8. The van der Waals surface area contributed by atoms with Crippen molar-refractivity contribution in [3.05, 3.63) is 28.8 Å². The van der Waals surface area contributed by atoms with Gasteiger partial charge in [-0.2, -0.15) is 0 Å². The number of fused-ring (bicyclic) bond motifs is 1.